The lowest BCUT2D eigenvalue weighted by Gasteiger charge is -2.30. The van der Waals surface area contributed by atoms with Crippen LogP contribution in [0.2, 0.25) is 0 Å². The van der Waals surface area contributed by atoms with Crippen molar-refractivity contribution in [2.45, 2.75) is 36.9 Å². The number of halogens is 1. The van der Waals surface area contributed by atoms with Gasteiger partial charge >= 0.3 is 0 Å². The number of ether oxygens (including phenoxy) is 1. The monoisotopic (exact) mass is 377 g/mol. The molecule has 3 N–H and O–H groups in total. The summed E-state index contributed by atoms with van der Waals surface area (Å²) in [6.45, 7) is 4.88. The summed E-state index contributed by atoms with van der Waals surface area (Å²) in [5.74, 6) is -0.161. The topological polar surface area (TPSA) is 96.5 Å². The van der Waals surface area contributed by atoms with E-state index >= 15 is 0 Å². The maximum absolute atomic E-state index is 12.3. The molecule has 1 heterocycles. The molecule has 0 aliphatic carbocycles. The van der Waals surface area contributed by atoms with E-state index in [1.54, 1.807) is 18.2 Å². The lowest BCUT2D eigenvalue weighted by Crippen LogP contribution is -2.55. The van der Waals surface area contributed by atoms with Crippen molar-refractivity contribution in [2.75, 3.05) is 20.2 Å². The fraction of sp³-hybridized carbons (Fsp3) is 0.533. The standard InChI is InChI=1S/C15H23N3O4S.ClH/c1-10(18-15(19)14-11(2)22-8-7-17-14)12-5-4-6-13(9-12)23(20,21)16-3;/h4-6,9-11,14,16-17H,7-8H2,1-3H3,(H,18,19);1H/t10?,11-,14+;/m1./s1. The van der Waals surface area contributed by atoms with Gasteiger partial charge in [0.2, 0.25) is 15.9 Å². The molecule has 0 aromatic heterocycles. The Labute approximate surface area is 149 Å². The van der Waals surface area contributed by atoms with Crippen LogP contribution >= 0.6 is 12.4 Å². The van der Waals surface area contributed by atoms with E-state index in [1.807, 2.05) is 13.8 Å². The second kappa shape index (κ2) is 8.77. The molecule has 0 bridgehead atoms. The van der Waals surface area contributed by atoms with Gasteiger partial charge in [0, 0.05) is 6.54 Å². The number of rotatable bonds is 5. The van der Waals surface area contributed by atoms with Crippen molar-refractivity contribution in [1.29, 1.82) is 0 Å². The number of morpholine rings is 1. The number of hydrogen-bond acceptors (Lipinski definition) is 5. The van der Waals surface area contributed by atoms with Crippen LogP contribution in [-0.4, -0.2) is 46.7 Å². The van der Waals surface area contributed by atoms with Gasteiger partial charge in [-0.25, -0.2) is 13.1 Å². The molecule has 24 heavy (non-hydrogen) atoms. The molecule has 0 saturated carbocycles. The summed E-state index contributed by atoms with van der Waals surface area (Å²) >= 11 is 0. The summed E-state index contributed by atoms with van der Waals surface area (Å²) in [7, 11) is -2.14. The van der Waals surface area contributed by atoms with Gasteiger partial charge in [0.1, 0.15) is 6.04 Å². The zero-order valence-corrected chi connectivity index (χ0v) is 15.5. The summed E-state index contributed by atoms with van der Waals surface area (Å²) < 4.78 is 31.5. The SMILES string of the molecule is CNS(=O)(=O)c1cccc(C(C)NC(=O)[C@H]2NCCO[C@@H]2C)c1.Cl. The zero-order valence-electron chi connectivity index (χ0n) is 13.9. The van der Waals surface area contributed by atoms with Gasteiger partial charge in [-0.2, -0.15) is 0 Å². The van der Waals surface area contributed by atoms with E-state index in [1.165, 1.54) is 13.1 Å². The molecule has 0 radical (unpaired) electrons. The highest BCUT2D eigenvalue weighted by molar-refractivity contribution is 7.89. The highest BCUT2D eigenvalue weighted by Gasteiger charge is 2.29. The van der Waals surface area contributed by atoms with Gasteiger partial charge in [-0.3, -0.25) is 4.79 Å². The second-order valence-corrected chi connectivity index (χ2v) is 7.40. The van der Waals surface area contributed by atoms with E-state index in [4.69, 9.17) is 4.74 Å². The number of hydrogen-bond donors (Lipinski definition) is 3. The minimum atomic E-state index is -3.51. The van der Waals surface area contributed by atoms with Crippen molar-refractivity contribution in [1.82, 2.24) is 15.4 Å². The van der Waals surface area contributed by atoms with Crippen LogP contribution in [0.3, 0.4) is 0 Å². The lowest BCUT2D eigenvalue weighted by atomic mass is 10.1. The first-order valence-corrected chi connectivity index (χ1v) is 9.02. The minimum Gasteiger partial charge on any atom is -0.375 e. The highest BCUT2D eigenvalue weighted by Crippen LogP contribution is 2.18. The molecule has 1 unspecified atom stereocenters. The minimum absolute atomic E-state index is 0. The Hall–Kier alpha value is -1.19. The van der Waals surface area contributed by atoms with E-state index in [0.29, 0.717) is 13.2 Å². The van der Waals surface area contributed by atoms with E-state index < -0.39 is 16.1 Å². The average Bonchev–Trinajstić information content (AvgIpc) is 2.55. The van der Waals surface area contributed by atoms with Crippen molar-refractivity contribution in [3.05, 3.63) is 29.8 Å². The molecular weight excluding hydrogens is 354 g/mol. The third kappa shape index (κ3) is 4.90. The van der Waals surface area contributed by atoms with Crippen LogP contribution in [0.25, 0.3) is 0 Å². The molecule has 1 saturated heterocycles. The Kier molecular flexibility index (Phi) is 7.62. The van der Waals surface area contributed by atoms with Gasteiger partial charge in [0.05, 0.1) is 23.6 Å². The van der Waals surface area contributed by atoms with Crippen molar-refractivity contribution in [2.24, 2.45) is 0 Å². The van der Waals surface area contributed by atoms with Crippen LogP contribution in [0.4, 0.5) is 0 Å². The van der Waals surface area contributed by atoms with E-state index in [9.17, 15) is 13.2 Å². The van der Waals surface area contributed by atoms with Crippen molar-refractivity contribution >= 4 is 28.3 Å². The number of amides is 1. The number of sulfonamides is 1. The van der Waals surface area contributed by atoms with Crippen molar-refractivity contribution in [3.8, 4) is 0 Å². The summed E-state index contributed by atoms with van der Waals surface area (Å²) in [6, 6.07) is 5.80. The van der Waals surface area contributed by atoms with Gasteiger partial charge in [-0.1, -0.05) is 12.1 Å². The Morgan fingerprint density at radius 1 is 1.42 bits per heavy atom. The molecule has 136 valence electrons. The first kappa shape index (κ1) is 20.9. The molecule has 1 aliphatic heterocycles. The molecule has 1 fully saturated rings. The molecule has 7 nitrogen and oxygen atoms in total. The molecule has 1 aromatic rings. The summed E-state index contributed by atoms with van der Waals surface area (Å²) in [5.41, 5.74) is 0.721. The Morgan fingerprint density at radius 3 is 2.75 bits per heavy atom. The molecular formula is C15H24ClN3O4S. The van der Waals surface area contributed by atoms with Gasteiger partial charge in [-0.15, -0.1) is 12.4 Å². The van der Waals surface area contributed by atoms with Crippen LogP contribution < -0.4 is 15.4 Å². The third-order valence-electron chi connectivity index (χ3n) is 3.89. The summed E-state index contributed by atoms with van der Waals surface area (Å²) in [4.78, 5) is 12.5. The Balaban J connectivity index is 0.00000288. The Bertz CT molecular complexity index is 668. The first-order chi connectivity index (χ1) is 10.8. The number of nitrogens with one attached hydrogen (secondary N) is 3. The van der Waals surface area contributed by atoms with E-state index in [-0.39, 0.29) is 35.4 Å². The number of carbonyl (C=O) groups is 1. The highest BCUT2D eigenvalue weighted by atomic mass is 35.5. The van der Waals surface area contributed by atoms with E-state index in [2.05, 4.69) is 15.4 Å². The van der Waals surface area contributed by atoms with Gasteiger partial charge in [0.25, 0.3) is 0 Å². The van der Waals surface area contributed by atoms with Crippen LogP contribution in [0.1, 0.15) is 25.5 Å². The summed E-state index contributed by atoms with van der Waals surface area (Å²) in [6.07, 6.45) is -0.202. The van der Waals surface area contributed by atoms with Crippen LogP contribution in [0, 0.1) is 0 Å². The van der Waals surface area contributed by atoms with Gasteiger partial charge in [-0.05, 0) is 38.6 Å². The maximum atomic E-state index is 12.3. The van der Waals surface area contributed by atoms with Gasteiger partial charge < -0.3 is 15.4 Å². The molecule has 1 amide bonds. The number of carbonyl (C=O) groups excluding carboxylic acids is 1. The lowest BCUT2D eigenvalue weighted by molar-refractivity contribution is -0.129. The largest absolute Gasteiger partial charge is 0.375 e. The fourth-order valence-electron chi connectivity index (χ4n) is 2.48. The molecule has 2 rings (SSSR count). The van der Waals surface area contributed by atoms with Crippen LogP contribution in [-0.2, 0) is 19.6 Å². The fourth-order valence-corrected chi connectivity index (χ4v) is 3.27. The van der Waals surface area contributed by atoms with Crippen LogP contribution in [0.5, 0.6) is 0 Å². The normalized spacial score (nSPS) is 22.3. The average molecular weight is 378 g/mol. The second-order valence-electron chi connectivity index (χ2n) is 5.52. The van der Waals surface area contributed by atoms with Gasteiger partial charge in [0.15, 0.2) is 0 Å². The Morgan fingerprint density at radius 2 is 2.12 bits per heavy atom. The number of benzene rings is 1. The third-order valence-corrected chi connectivity index (χ3v) is 5.31. The molecule has 1 aliphatic rings. The zero-order chi connectivity index (χ0) is 17.0. The predicted octanol–water partition coefficient (Wildman–Crippen LogP) is 0.571. The summed E-state index contributed by atoms with van der Waals surface area (Å²) in [5, 5.41) is 6.02. The maximum Gasteiger partial charge on any atom is 0.240 e. The molecule has 9 heteroatoms. The molecule has 3 atom stereocenters. The quantitative estimate of drug-likeness (QED) is 0.697. The van der Waals surface area contributed by atoms with Crippen LogP contribution in [0.15, 0.2) is 29.2 Å². The van der Waals surface area contributed by atoms with E-state index in [0.717, 1.165) is 5.56 Å². The van der Waals surface area contributed by atoms with Crippen molar-refractivity contribution in [3.63, 3.8) is 0 Å². The predicted molar refractivity (Wildman–Crippen MR) is 93.7 cm³/mol. The molecule has 1 aromatic carbocycles. The first-order valence-electron chi connectivity index (χ1n) is 7.54. The smallest absolute Gasteiger partial charge is 0.240 e. The van der Waals surface area contributed by atoms with Crippen molar-refractivity contribution < 1.29 is 17.9 Å². The molecule has 0 spiro atoms.